The standard InChI is InChI=1S/C16H32N2O/c1-4-19-11-16(12(2)3)18-15-8-5-7-13(15)14-9-6-10-17-14/h12-18H,4-11H2,1-3H3. The molecule has 2 N–H and O–H groups in total. The lowest BCUT2D eigenvalue weighted by Crippen LogP contribution is -2.49. The van der Waals surface area contributed by atoms with Crippen molar-refractivity contribution in [3.8, 4) is 0 Å². The molecule has 0 amide bonds. The minimum absolute atomic E-state index is 0.506. The first-order chi connectivity index (χ1) is 9.22. The molecule has 1 heterocycles. The van der Waals surface area contributed by atoms with Crippen LogP contribution in [0.3, 0.4) is 0 Å². The third kappa shape index (κ3) is 4.17. The first-order valence-electron chi connectivity index (χ1n) is 8.29. The van der Waals surface area contributed by atoms with Crippen LogP contribution < -0.4 is 10.6 Å². The maximum atomic E-state index is 5.65. The zero-order valence-corrected chi connectivity index (χ0v) is 13.0. The lowest BCUT2D eigenvalue weighted by Gasteiger charge is -2.32. The molecule has 1 aliphatic heterocycles. The van der Waals surface area contributed by atoms with Crippen LogP contribution >= 0.6 is 0 Å². The molecule has 0 spiro atoms. The summed E-state index contributed by atoms with van der Waals surface area (Å²) in [5.74, 6) is 1.48. The van der Waals surface area contributed by atoms with Gasteiger partial charge in [-0.25, -0.2) is 0 Å². The van der Waals surface area contributed by atoms with Crippen LogP contribution in [0.4, 0.5) is 0 Å². The monoisotopic (exact) mass is 268 g/mol. The van der Waals surface area contributed by atoms with Crippen LogP contribution in [0.2, 0.25) is 0 Å². The van der Waals surface area contributed by atoms with Crippen LogP contribution in [0.1, 0.15) is 52.9 Å². The van der Waals surface area contributed by atoms with Gasteiger partial charge in [-0.1, -0.05) is 20.3 Å². The van der Waals surface area contributed by atoms with E-state index in [-0.39, 0.29) is 0 Å². The summed E-state index contributed by atoms with van der Waals surface area (Å²) in [6.45, 7) is 9.58. The van der Waals surface area contributed by atoms with Gasteiger partial charge in [-0.05, 0) is 51.0 Å². The largest absolute Gasteiger partial charge is 0.380 e. The molecule has 19 heavy (non-hydrogen) atoms. The fourth-order valence-corrected chi connectivity index (χ4v) is 3.71. The fraction of sp³-hybridized carbons (Fsp3) is 1.00. The average molecular weight is 268 g/mol. The highest BCUT2D eigenvalue weighted by atomic mass is 16.5. The van der Waals surface area contributed by atoms with Gasteiger partial charge in [0.25, 0.3) is 0 Å². The van der Waals surface area contributed by atoms with E-state index in [1.807, 2.05) is 0 Å². The van der Waals surface area contributed by atoms with Gasteiger partial charge in [0.1, 0.15) is 0 Å². The third-order valence-electron chi connectivity index (χ3n) is 4.92. The Labute approximate surface area is 118 Å². The highest BCUT2D eigenvalue weighted by molar-refractivity contribution is 4.94. The summed E-state index contributed by atoms with van der Waals surface area (Å²) in [5.41, 5.74) is 0. The topological polar surface area (TPSA) is 33.3 Å². The third-order valence-corrected chi connectivity index (χ3v) is 4.92. The molecule has 0 aromatic heterocycles. The second-order valence-electron chi connectivity index (χ2n) is 6.58. The molecule has 0 radical (unpaired) electrons. The first kappa shape index (κ1) is 15.3. The van der Waals surface area contributed by atoms with Gasteiger partial charge in [-0.15, -0.1) is 0 Å². The Hall–Kier alpha value is -0.120. The Morgan fingerprint density at radius 3 is 2.68 bits per heavy atom. The molecule has 4 unspecified atom stereocenters. The smallest absolute Gasteiger partial charge is 0.0622 e. The predicted molar refractivity (Wildman–Crippen MR) is 80.4 cm³/mol. The summed E-state index contributed by atoms with van der Waals surface area (Å²) in [4.78, 5) is 0. The molecule has 2 aliphatic rings. The maximum Gasteiger partial charge on any atom is 0.0622 e. The summed E-state index contributed by atoms with van der Waals surface area (Å²) >= 11 is 0. The summed E-state index contributed by atoms with van der Waals surface area (Å²) in [7, 11) is 0. The van der Waals surface area contributed by atoms with Crippen LogP contribution in [-0.4, -0.2) is 37.9 Å². The molecule has 112 valence electrons. The highest BCUT2D eigenvalue weighted by Crippen LogP contribution is 2.32. The number of hydrogen-bond donors (Lipinski definition) is 2. The maximum absolute atomic E-state index is 5.65. The van der Waals surface area contributed by atoms with Crippen molar-refractivity contribution in [1.29, 1.82) is 0 Å². The Kier molecular flexibility index (Phi) is 6.11. The van der Waals surface area contributed by atoms with Crippen molar-refractivity contribution >= 4 is 0 Å². The number of ether oxygens (including phenoxy) is 1. The lowest BCUT2D eigenvalue weighted by molar-refractivity contribution is 0.0989. The minimum Gasteiger partial charge on any atom is -0.380 e. The Balaban J connectivity index is 1.87. The van der Waals surface area contributed by atoms with Gasteiger partial charge in [-0.2, -0.15) is 0 Å². The molecule has 2 fully saturated rings. The fourth-order valence-electron chi connectivity index (χ4n) is 3.71. The van der Waals surface area contributed by atoms with Gasteiger partial charge in [0, 0.05) is 24.7 Å². The van der Waals surface area contributed by atoms with Gasteiger partial charge < -0.3 is 15.4 Å². The van der Waals surface area contributed by atoms with E-state index in [9.17, 15) is 0 Å². The minimum atomic E-state index is 0.506. The number of hydrogen-bond acceptors (Lipinski definition) is 3. The van der Waals surface area contributed by atoms with E-state index in [1.165, 1.54) is 38.6 Å². The van der Waals surface area contributed by atoms with Gasteiger partial charge in [0.15, 0.2) is 0 Å². The summed E-state index contributed by atoms with van der Waals surface area (Å²) < 4.78 is 5.65. The molecule has 1 saturated carbocycles. The van der Waals surface area contributed by atoms with Crippen molar-refractivity contribution in [2.75, 3.05) is 19.8 Å². The lowest BCUT2D eigenvalue weighted by atomic mass is 9.91. The summed E-state index contributed by atoms with van der Waals surface area (Å²) in [6, 6.07) is 1.97. The van der Waals surface area contributed by atoms with Crippen molar-refractivity contribution in [3.63, 3.8) is 0 Å². The van der Waals surface area contributed by atoms with Crippen LogP contribution in [-0.2, 0) is 4.74 Å². The second-order valence-corrected chi connectivity index (χ2v) is 6.58. The highest BCUT2D eigenvalue weighted by Gasteiger charge is 2.36. The molecule has 1 aliphatic carbocycles. The Morgan fingerprint density at radius 2 is 2.05 bits per heavy atom. The molecule has 1 saturated heterocycles. The van der Waals surface area contributed by atoms with E-state index in [0.29, 0.717) is 18.0 Å². The van der Waals surface area contributed by atoms with Crippen LogP contribution in [0.5, 0.6) is 0 Å². The van der Waals surface area contributed by atoms with Gasteiger partial charge >= 0.3 is 0 Å². The van der Waals surface area contributed by atoms with Crippen molar-refractivity contribution in [2.24, 2.45) is 11.8 Å². The van der Waals surface area contributed by atoms with Crippen molar-refractivity contribution in [2.45, 2.75) is 71.0 Å². The summed E-state index contributed by atoms with van der Waals surface area (Å²) in [5, 5.41) is 7.62. The average Bonchev–Trinajstić information content (AvgIpc) is 3.04. The van der Waals surface area contributed by atoms with E-state index in [1.54, 1.807) is 0 Å². The zero-order valence-electron chi connectivity index (χ0n) is 13.0. The van der Waals surface area contributed by atoms with Crippen molar-refractivity contribution in [3.05, 3.63) is 0 Å². The van der Waals surface area contributed by atoms with Crippen LogP contribution in [0.25, 0.3) is 0 Å². The molecule has 3 heteroatoms. The summed E-state index contributed by atoms with van der Waals surface area (Å²) in [6.07, 6.45) is 6.87. The Morgan fingerprint density at radius 1 is 1.21 bits per heavy atom. The van der Waals surface area contributed by atoms with E-state index < -0.39 is 0 Å². The normalized spacial score (nSPS) is 33.2. The van der Waals surface area contributed by atoms with E-state index in [0.717, 1.165) is 25.2 Å². The molecule has 3 nitrogen and oxygen atoms in total. The molecular weight excluding hydrogens is 236 g/mol. The molecule has 0 aromatic carbocycles. The zero-order chi connectivity index (χ0) is 13.7. The van der Waals surface area contributed by atoms with Gasteiger partial charge in [-0.3, -0.25) is 0 Å². The van der Waals surface area contributed by atoms with E-state index in [4.69, 9.17) is 4.74 Å². The first-order valence-corrected chi connectivity index (χ1v) is 8.29. The predicted octanol–water partition coefficient (Wildman–Crippen LogP) is 2.56. The van der Waals surface area contributed by atoms with E-state index in [2.05, 4.69) is 31.4 Å². The van der Waals surface area contributed by atoms with E-state index >= 15 is 0 Å². The number of nitrogens with one attached hydrogen (secondary N) is 2. The SMILES string of the molecule is CCOCC(NC1CCCC1C1CCCN1)C(C)C. The Bertz CT molecular complexity index is 251. The van der Waals surface area contributed by atoms with Gasteiger partial charge in [0.05, 0.1) is 6.61 Å². The van der Waals surface area contributed by atoms with Crippen molar-refractivity contribution in [1.82, 2.24) is 10.6 Å². The number of rotatable bonds is 7. The van der Waals surface area contributed by atoms with Crippen molar-refractivity contribution < 1.29 is 4.74 Å². The molecule has 0 aromatic rings. The van der Waals surface area contributed by atoms with Gasteiger partial charge in [0.2, 0.25) is 0 Å². The molecular formula is C16H32N2O. The quantitative estimate of drug-likeness (QED) is 0.744. The molecule has 2 rings (SSSR count). The van der Waals surface area contributed by atoms with Crippen LogP contribution in [0.15, 0.2) is 0 Å². The molecule has 4 atom stereocenters. The molecule has 0 bridgehead atoms. The second kappa shape index (κ2) is 7.61. The van der Waals surface area contributed by atoms with Crippen LogP contribution in [0, 0.1) is 11.8 Å².